The minimum Gasteiger partial charge on any atom is -0.346 e. The van der Waals surface area contributed by atoms with E-state index in [0.717, 1.165) is 51.9 Å². The molecule has 0 atom stereocenters. The standard InChI is InChI=1S/C14H22N2O2.C2H5.Y/c1-2-13(17)11-3-5-12(6-4-11)14(18)16-9-7-15-8-10-16;1-2;/h2,11-12,15H,1,3-10H2;1H2,2H3;/q;-1;. The minimum absolute atomic E-state index is 0. The molecule has 21 heavy (non-hydrogen) atoms. The summed E-state index contributed by atoms with van der Waals surface area (Å²) in [6.45, 7) is 12.0. The van der Waals surface area contributed by atoms with Crippen molar-refractivity contribution < 1.29 is 42.3 Å². The van der Waals surface area contributed by atoms with Crippen LogP contribution in [0.25, 0.3) is 0 Å². The zero-order chi connectivity index (χ0) is 15.0. The Kier molecular flexibility index (Phi) is 11.5. The number of hydrogen-bond acceptors (Lipinski definition) is 3. The second-order valence-corrected chi connectivity index (χ2v) is 5.23. The number of nitrogens with zero attached hydrogens (tertiary/aromatic N) is 1. The molecular weight excluding hydrogens is 341 g/mol. The number of rotatable bonds is 3. The molecule has 0 aromatic heterocycles. The summed E-state index contributed by atoms with van der Waals surface area (Å²) in [5, 5.41) is 3.25. The van der Waals surface area contributed by atoms with Crippen LogP contribution in [0.1, 0.15) is 32.6 Å². The summed E-state index contributed by atoms with van der Waals surface area (Å²) < 4.78 is 0. The molecule has 1 saturated heterocycles. The third kappa shape index (κ3) is 6.29. The number of carbonyl (C=O) groups is 2. The molecule has 0 bridgehead atoms. The second kappa shape index (κ2) is 11.5. The van der Waals surface area contributed by atoms with E-state index in [-0.39, 0.29) is 50.3 Å². The van der Waals surface area contributed by atoms with E-state index in [4.69, 9.17) is 0 Å². The van der Waals surface area contributed by atoms with Gasteiger partial charge >= 0.3 is 0 Å². The van der Waals surface area contributed by atoms with Crippen molar-refractivity contribution in [3.63, 3.8) is 0 Å². The molecule has 2 fully saturated rings. The summed E-state index contributed by atoms with van der Waals surface area (Å²) in [6, 6.07) is 0. The maximum atomic E-state index is 12.3. The Morgan fingerprint density at radius 3 is 2.05 bits per heavy atom. The number of piperazine rings is 1. The van der Waals surface area contributed by atoms with Gasteiger partial charge in [-0.25, -0.2) is 0 Å². The fourth-order valence-electron chi connectivity index (χ4n) is 2.93. The second-order valence-electron chi connectivity index (χ2n) is 5.23. The number of amides is 1. The normalized spacial score (nSPS) is 25.0. The molecule has 5 heteroatoms. The average Bonchev–Trinajstić information content (AvgIpc) is 2.56. The molecule has 1 aliphatic carbocycles. The van der Waals surface area contributed by atoms with Gasteiger partial charge in [0.15, 0.2) is 5.78 Å². The van der Waals surface area contributed by atoms with Crippen LogP contribution in [0.5, 0.6) is 0 Å². The third-order valence-corrected chi connectivity index (χ3v) is 4.11. The van der Waals surface area contributed by atoms with Crippen molar-refractivity contribution in [3.05, 3.63) is 19.6 Å². The first-order valence-electron chi connectivity index (χ1n) is 7.59. The molecule has 117 valence electrons. The van der Waals surface area contributed by atoms with Gasteiger partial charge in [-0.3, -0.25) is 9.59 Å². The predicted octanol–water partition coefficient (Wildman–Crippen LogP) is 1.82. The van der Waals surface area contributed by atoms with Gasteiger partial charge < -0.3 is 17.1 Å². The summed E-state index contributed by atoms with van der Waals surface area (Å²) in [5.74, 6) is 0.676. The molecule has 1 radical (unpaired) electrons. The van der Waals surface area contributed by atoms with Crippen molar-refractivity contribution in [2.45, 2.75) is 32.6 Å². The first-order chi connectivity index (χ1) is 9.72. The fourth-order valence-corrected chi connectivity index (χ4v) is 2.93. The number of carbonyl (C=O) groups excluding carboxylic acids is 2. The maximum absolute atomic E-state index is 12.3. The van der Waals surface area contributed by atoms with Crippen LogP contribution in [0.15, 0.2) is 12.7 Å². The van der Waals surface area contributed by atoms with Crippen LogP contribution in [0.2, 0.25) is 0 Å². The molecule has 1 amide bonds. The molecule has 1 heterocycles. The van der Waals surface area contributed by atoms with Crippen LogP contribution >= 0.6 is 0 Å². The molecule has 0 aromatic rings. The number of hydrogen-bond donors (Lipinski definition) is 1. The van der Waals surface area contributed by atoms with E-state index in [9.17, 15) is 9.59 Å². The fraction of sp³-hybridized carbons (Fsp3) is 0.688. The Morgan fingerprint density at radius 2 is 1.57 bits per heavy atom. The SMILES string of the molecule is C=CC(=O)C1CCC(C(=O)N2CCNCC2)CC1.[CH2-]C.[Y]. The van der Waals surface area contributed by atoms with E-state index in [1.54, 1.807) is 6.92 Å². The van der Waals surface area contributed by atoms with Gasteiger partial charge in [0.05, 0.1) is 0 Å². The Hall–Kier alpha value is -0.0561. The van der Waals surface area contributed by atoms with E-state index in [2.05, 4.69) is 18.8 Å². The maximum Gasteiger partial charge on any atom is 0.225 e. The summed E-state index contributed by atoms with van der Waals surface area (Å²) in [4.78, 5) is 25.8. The summed E-state index contributed by atoms with van der Waals surface area (Å²) in [5.41, 5.74) is 0. The first-order valence-corrected chi connectivity index (χ1v) is 7.59. The van der Waals surface area contributed by atoms with Crippen LogP contribution in [-0.4, -0.2) is 42.8 Å². The molecule has 1 aliphatic heterocycles. The quantitative estimate of drug-likeness (QED) is 0.611. The number of allylic oxidation sites excluding steroid dienone is 1. The predicted molar refractivity (Wildman–Crippen MR) is 81.1 cm³/mol. The van der Waals surface area contributed by atoms with Gasteiger partial charge in [0, 0.05) is 70.7 Å². The van der Waals surface area contributed by atoms with Crippen molar-refractivity contribution in [2.75, 3.05) is 26.2 Å². The van der Waals surface area contributed by atoms with Gasteiger partial charge in [0.25, 0.3) is 0 Å². The Balaban J connectivity index is 0.00000128. The Labute approximate surface area is 154 Å². The van der Waals surface area contributed by atoms with Gasteiger partial charge in [-0.2, -0.15) is 6.92 Å². The van der Waals surface area contributed by atoms with E-state index >= 15 is 0 Å². The molecule has 1 N–H and O–H groups in total. The van der Waals surface area contributed by atoms with E-state index in [0.29, 0.717) is 5.91 Å². The minimum atomic E-state index is 0. The monoisotopic (exact) mass is 368 g/mol. The van der Waals surface area contributed by atoms with Crippen molar-refractivity contribution in [3.8, 4) is 0 Å². The average molecular weight is 368 g/mol. The molecule has 0 spiro atoms. The Bertz CT molecular complexity index is 333. The topological polar surface area (TPSA) is 49.4 Å². The van der Waals surface area contributed by atoms with Gasteiger partial charge in [0.2, 0.25) is 5.91 Å². The molecular formula is C16H27N2O2Y-. The smallest absolute Gasteiger partial charge is 0.225 e. The van der Waals surface area contributed by atoms with Crippen LogP contribution < -0.4 is 5.32 Å². The number of ketones is 1. The zero-order valence-electron chi connectivity index (χ0n) is 13.1. The third-order valence-electron chi connectivity index (χ3n) is 4.11. The summed E-state index contributed by atoms with van der Waals surface area (Å²) >= 11 is 0. The van der Waals surface area contributed by atoms with Gasteiger partial charge in [-0.1, -0.05) is 6.58 Å². The van der Waals surface area contributed by atoms with Crippen LogP contribution in [-0.2, 0) is 42.3 Å². The van der Waals surface area contributed by atoms with E-state index in [1.807, 2.05) is 4.90 Å². The van der Waals surface area contributed by atoms with Crippen LogP contribution in [0, 0.1) is 18.8 Å². The van der Waals surface area contributed by atoms with Crippen molar-refractivity contribution >= 4 is 11.7 Å². The van der Waals surface area contributed by atoms with Crippen molar-refractivity contribution in [1.82, 2.24) is 10.2 Å². The van der Waals surface area contributed by atoms with Crippen LogP contribution in [0.4, 0.5) is 0 Å². The van der Waals surface area contributed by atoms with Gasteiger partial charge in [-0.15, -0.1) is 0 Å². The summed E-state index contributed by atoms with van der Waals surface area (Å²) in [6.07, 6.45) is 4.81. The molecule has 1 saturated carbocycles. The largest absolute Gasteiger partial charge is 0.346 e. The zero-order valence-corrected chi connectivity index (χ0v) is 16.0. The van der Waals surface area contributed by atoms with Gasteiger partial charge in [0.1, 0.15) is 0 Å². The molecule has 0 aromatic carbocycles. The molecule has 0 unspecified atom stereocenters. The molecule has 2 rings (SSSR count). The Morgan fingerprint density at radius 1 is 1.10 bits per heavy atom. The van der Waals surface area contributed by atoms with Gasteiger partial charge in [-0.05, 0) is 31.8 Å². The first kappa shape index (κ1) is 20.9. The van der Waals surface area contributed by atoms with E-state index in [1.165, 1.54) is 6.08 Å². The molecule has 4 nitrogen and oxygen atoms in total. The summed E-state index contributed by atoms with van der Waals surface area (Å²) in [7, 11) is 0. The van der Waals surface area contributed by atoms with Crippen molar-refractivity contribution in [1.29, 1.82) is 0 Å². The van der Waals surface area contributed by atoms with Crippen LogP contribution in [0.3, 0.4) is 0 Å². The van der Waals surface area contributed by atoms with E-state index < -0.39 is 0 Å². The van der Waals surface area contributed by atoms with Crippen molar-refractivity contribution in [2.24, 2.45) is 11.8 Å². The number of nitrogens with one attached hydrogen (secondary N) is 1. The molecule has 2 aliphatic rings.